The number of ether oxygens (including phenoxy) is 2. The zero-order chi connectivity index (χ0) is 29.3. The Bertz CT molecular complexity index is 1670. The van der Waals surface area contributed by atoms with Crippen LogP contribution in [0, 0.1) is 6.92 Å². The zero-order valence-electron chi connectivity index (χ0n) is 22.0. The summed E-state index contributed by atoms with van der Waals surface area (Å²) in [5.41, 5.74) is 1.20. The Kier molecular flexibility index (Phi) is 8.60. The number of aryl methyl sites for hydroxylation is 1. The Labute approximate surface area is 253 Å². The van der Waals surface area contributed by atoms with Gasteiger partial charge in [0.15, 0.2) is 27.4 Å². The van der Waals surface area contributed by atoms with Crippen molar-refractivity contribution in [2.24, 2.45) is 0 Å². The van der Waals surface area contributed by atoms with E-state index >= 15 is 0 Å². The second kappa shape index (κ2) is 12.2. The highest BCUT2D eigenvalue weighted by molar-refractivity contribution is 8.00. The molecule has 1 N–H and O–H groups in total. The Hall–Kier alpha value is -3.51. The number of benzene rings is 2. The summed E-state index contributed by atoms with van der Waals surface area (Å²) in [6.07, 6.45) is 0. The normalized spacial score (nSPS) is 15.1. The number of carbonyl (C=O) groups excluding carboxylic acids is 2. The number of hydrogen-bond donors (Lipinski definition) is 1. The van der Waals surface area contributed by atoms with Crippen molar-refractivity contribution in [1.29, 1.82) is 0 Å². The lowest BCUT2D eigenvalue weighted by Crippen LogP contribution is -2.31. The van der Waals surface area contributed by atoms with Gasteiger partial charge >= 0.3 is 0 Å². The van der Waals surface area contributed by atoms with Crippen molar-refractivity contribution in [2.75, 3.05) is 18.6 Å². The molecule has 1 amide bonds. The van der Waals surface area contributed by atoms with Crippen molar-refractivity contribution in [3.63, 3.8) is 0 Å². The Morgan fingerprint density at radius 3 is 2.63 bits per heavy atom. The number of amides is 1. The van der Waals surface area contributed by atoms with Crippen LogP contribution in [-0.2, 0) is 10.5 Å². The Morgan fingerprint density at radius 2 is 1.95 bits per heavy atom. The summed E-state index contributed by atoms with van der Waals surface area (Å²) < 4.78 is 17.3. The predicted octanol–water partition coefficient (Wildman–Crippen LogP) is 7.23. The predicted molar refractivity (Wildman–Crippen MR) is 158 cm³/mol. The van der Waals surface area contributed by atoms with Gasteiger partial charge in [-0.05, 0) is 61.4 Å². The minimum atomic E-state index is -1.04. The maximum absolute atomic E-state index is 13.6. The fraction of sp³-hybridized carbons (Fsp3) is 0.214. The molecule has 1 unspecified atom stereocenters. The highest BCUT2D eigenvalue weighted by Gasteiger charge is 2.47. The van der Waals surface area contributed by atoms with Crippen molar-refractivity contribution in [3.8, 4) is 11.5 Å². The molecular formula is C28H23Cl2N3O6S2. The number of anilines is 1. The fourth-order valence-electron chi connectivity index (χ4n) is 4.30. The maximum atomic E-state index is 13.6. The third-order valence-corrected chi connectivity index (χ3v) is 8.88. The third-order valence-electron chi connectivity index (χ3n) is 6.19. The molecule has 0 aliphatic carbocycles. The molecule has 9 nitrogen and oxygen atoms in total. The summed E-state index contributed by atoms with van der Waals surface area (Å²) in [4.78, 5) is 28.4. The van der Waals surface area contributed by atoms with Gasteiger partial charge in [0, 0.05) is 15.8 Å². The van der Waals surface area contributed by atoms with Crippen LogP contribution in [-0.4, -0.2) is 40.7 Å². The van der Waals surface area contributed by atoms with Crippen LogP contribution in [0.5, 0.6) is 11.5 Å². The van der Waals surface area contributed by atoms with Gasteiger partial charge in [0.2, 0.25) is 10.9 Å². The first-order valence-corrected chi connectivity index (χ1v) is 14.9. The topological polar surface area (TPSA) is 115 Å². The van der Waals surface area contributed by atoms with E-state index in [0.29, 0.717) is 49.6 Å². The van der Waals surface area contributed by atoms with Gasteiger partial charge in [-0.2, -0.15) is 0 Å². The van der Waals surface area contributed by atoms with Crippen LogP contribution in [0.15, 0.2) is 68.6 Å². The first kappa shape index (κ1) is 29.0. The summed E-state index contributed by atoms with van der Waals surface area (Å²) in [5.74, 6) is -0.216. The molecule has 1 aliphatic heterocycles. The van der Waals surface area contributed by atoms with Gasteiger partial charge in [0.1, 0.15) is 5.76 Å². The number of aliphatic hydroxyl groups excluding tert-OH is 1. The summed E-state index contributed by atoms with van der Waals surface area (Å²) in [7, 11) is 1.49. The first-order chi connectivity index (χ1) is 19.7. The monoisotopic (exact) mass is 631 g/mol. The summed E-state index contributed by atoms with van der Waals surface area (Å²) in [6, 6.07) is 12.4. The molecule has 5 rings (SSSR count). The molecule has 2 aromatic heterocycles. The van der Waals surface area contributed by atoms with Gasteiger partial charge in [-0.3, -0.25) is 14.5 Å². The van der Waals surface area contributed by atoms with Crippen molar-refractivity contribution in [1.82, 2.24) is 10.2 Å². The molecule has 1 atom stereocenters. The van der Waals surface area contributed by atoms with E-state index in [1.165, 1.54) is 29.8 Å². The van der Waals surface area contributed by atoms with Crippen molar-refractivity contribution in [2.45, 2.75) is 30.0 Å². The molecule has 41 heavy (non-hydrogen) atoms. The van der Waals surface area contributed by atoms with E-state index in [1.54, 1.807) is 43.3 Å². The van der Waals surface area contributed by atoms with Crippen LogP contribution in [0.3, 0.4) is 0 Å². The highest BCUT2D eigenvalue weighted by Crippen LogP contribution is 2.45. The van der Waals surface area contributed by atoms with Crippen molar-refractivity contribution < 1.29 is 28.6 Å². The molecule has 0 saturated carbocycles. The molecule has 0 radical (unpaired) electrons. The Morgan fingerprint density at radius 1 is 1.15 bits per heavy atom. The van der Waals surface area contributed by atoms with Gasteiger partial charge in [0.25, 0.3) is 5.91 Å². The van der Waals surface area contributed by atoms with Gasteiger partial charge in [-0.15, -0.1) is 10.2 Å². The first-order valence-electron chi connectivity index (χ1n) is 12.3. The van der Waals surface area contributed by atoms with Crippen LogP contribution in [0.1, 0.15) is 40.4 Å². The van der Waals surface area contributed by atoms with Crippen LogP contribution in [0.4, 0.5) is 5.13 Å². The molecule has 4 aromatic rings. The number of hydrogen-bond acceptors (Lipinski definition) is 10. The quantitative estimate of drug-likeness (QED) is 0.110. The number of furan rings is 1. The number of rotatable bonds is 10. The van der Waals surface area contributed by atoms with E-state index in [-0.39, 0.29) is 16.5 Å². The van der Waals surface area contributed by atoms with Gasteiger partial charge in [-0.1, -0.05) is 58.4 Å². The lowest BCUT2D eigenvalue weighted by atomic mass is 9.95. The van der Waals surface area contributed by atoms with Crippen molar-refractivity contribution in [3.05, 3.63) is 92.6 Å². The second-order valence-electron chi connectivity index (χ2n) is 8.80. The zero-order valence-corrected chi connectivity index (χ0v) is 25.2. The van der Waals surface area contributed by atoms with Gasteiger partial charge < -0.3 is 19.0 Å². The van der Waals surface area contributed by atoms with Crippen LogP contribution in [0.2, 0.25) is 10.0 Å². The molecule has 0 fully saturated rings. The van der Waals surface area contributed by atoms with E-state index < -0.39 is 23.5 Å². The summed E-state index contributed by atoms with van der Waals surface area (Å²) in [6.45, 7) is 3.96. The number of ketones is 1. The summed E-state index contributed by atoms with van der Waals surface area (Å²) in [5, 5.41) is 20.8. The average Bonchev–Trinajstić information content (AvgIpc) is 3.66. The SMILES string of the molecule is CCOc1ccc(C2C(C(=O)c3ccc(C)o3)=C(O)C(=O)N2c2nnc(SCc3ccc(Cl)cc3Cl)s2)cc1OC. The fourth-order valence-corrected chi connectivity index (χ4v) is 6.73. The van der Waals surface area contributed by atoms with E-state index in [0.717, 1.165) is 16.9 Å². The second-order valence-corrected chi connectivity index (χ2v) is 11.8. The van der Waals surface area contributed by atoms with Gasteiger partial charge in [-0.25, -0.2) is 0 Å². The number of nitrogens with zero attached hydrogens (tertiary/aromatic N) is 3. The average molecular weight is 633 g/mol. The molecule has 0 saturated heterocycles. The molecule has 0 spiro atoms. The molecule has 212 valence electrons. The standard InChI is InChI=1S/C28H23Cl2N3O6S2/c1-4-38-19-10-7-15(11-21(19)37-3)23-22(24(34)20-9-5-14(2)39-20)25(35)26(36)33(23)27-31-32-28(41-27)40-13-16-6-8-17(29)12-18(16)30/h5-12,23,35H,4,13H2,1-3H3. The molecule has 3 heterocycles. The largest absolute Gasteiger partial charge is 0.503 e. The van der Waals surface area contributed by atoms with Crippen molar-refractivity contribution >= 4 is 63.1 Å². The number of Topliss-reactive ketones (excluding diaryl/α,β-unsaturated/α-hetero) is 1. The molecular weight excluding hydrogens is 609 g/mol. The lowest BCUT2D eigenvalue weighted by Gasteiger charge is -2.24. The number of methoxy groups -OCH3 is 1. The summed E-state index contributed by atoms with van der Waals surface area (Å²) >= 11 is 14.8. The molecule has 1 aliphatic rings. The van der Waals surface area contributed by atoms with Crippen LogP contribution in [0.25, 0.3) is 0 Å². The van der Waals surface area contributed by atoms with E-state index in [2.05, 4.69) is 10.2 Å². The minimum absolute atomic E-state index is 0.00467. The number of carbonyl (C=O) groups is 2. The van der Waals surface area contributed by atoms with E-state index in [9.17, 15) is 14.7 Å². The van der Waals surface area contributed by atoms with Crippen LogP contribution < -0.4 is 14.4 Å². The number of aliphatic hydroxyl groups is 1. The number of aromatic nitrogens is 2. The molecule has 0 bridgehead atoms. The van der Waals surface area contributed by atoms with E-state index in [4.69, 9.17) is 37.1 Å². The van der Waals surface area contributed by atoms with E-state index in [1.807, 2.05) is 13.0 Å². The molecule has 13 heteroatoms. The Balaban J connectivity index is 1.53. The minimum Gasteiger partial charge on any atom is -0.503 e. The van der Waals surface area contributed by atoms with Gasteiger partial charge in [0.05, 0.1) is 25.3 Å². The number of halogens is 2. The third kappa shape index (κ3) is 5.80. The van der Waals surface area contributed by atoms with Crippen LogP contribution >= 0.6 is 46.3 Å². The smallest absolute Gasteiger partial charge is 0.296 e. The lowest BCUT2D eigenvalue weighted by molar-refractivity contribution is -0.117. The highest BCUT2D eigenvalue weighted by atomic mass is 35.5. The molecule has 2 aromatic carbocycles. The number of thioether (sulfide) groups is 1. The maximum Gasteiger partial charge on any atom is 0.296 e.